The van der Waals surface area contributed by atoms with Gasteiger partial charge >= 0.3 is 0 Å². The van der Waals surface area contributed by atoms with E-state index < -0.39 is 0 Å². The Morgan fingerprint density at radius 1 is 1.33 bits per heavy atom. The third-order valence-corrected chi connectivity index (χ3v) is 4.02. The van der Waals surface area contributed by atoms with E-state index in [9.17, 15) is 4.79 Å². The number of carbonyl (C=O) groups excluding carboxylic acids is 1. The molecule has 1 unspecified atom stereocenters. The fourth-order valence-electron chi connectivity index (χ4n) is 2.55. The van der Waals surface area contributed by atoms with Crippen molar-refractivity contribution < 1.29 is 9.53 Å². The van der Waals surface area contributed by atoms with Gasteiger partial charge in [0.2, 0.25) is 0 Å². The van der Waals surface area contributed by atoms with Gasteiger partial charge in [-0.2, -0.15) is 0 Å². The van der Waals surface area contributed by atoms with Crippen molar-refractivity contribution in [1.82, 2.24) is 4.90 Å². The van der Waals surface area contributed by atoms with E-state index in [1.54, 1.807) is 0 Å². The molecule has 1 atom stereocenters. The van der Waals surface area contributed by atoms with Gasteiger partial charge in [-0.25, -0.2) is 0 Å². The van der Waals surface area contributed by atoms with E-state index in [-0.39, 0.29) is 31.0 Å². The fraction of sp³-hybridized carbons (Fsp3) is 0.562. The minimum absolute atomic E-state index is 0. The van der Waals surface area contributed by atoms with Gasteiger partial charge in [0, 0.05) is 19.1 Å². The van der Waals surface area contributed by atoms with Gasteiger partial charge in [0.05, 0.1) is 0 Å². The highest BCUT2D eigenvalue weighted by molar-refractivity contribution is 5.85. The molecular weight excluding hydrogens is 288 g/mol. The minimum atomic E-state index is 0. The zero-order valence-electron chi connectivity index (χ0n) is 12.7. The number of nitrogens with two attached hydrogens (primary N) is 1. The molecule has 0 aromatic heterocycles. The number of benzene rings is 1. The van der Waals surface area contributed by atoms with Gasteiger partial charge in [-0.05, 0) is 44.7 Å². The molecule has 1 amide bonds. The summed E-state index contributed by atoms with van der Waals surface area (Å²) in [6.07, 6.45) is 1.99. The molecule has 1 fully saturated rings. The highest BCUT2D eigenvalue weighted by atomic mass is 35.5. The first-order chi connectivity index (χ1) is 9.56. The molecule has 4 nitrogen and oxygen atoms in total. The molecule has 1 aromatic rings. The first kappa shape index (κ1) is 17.8. The quantitative estimate of drug-likeness (QED) is 0.928. The van der Waals surface area contributed by atoms with Gasteiger partial charge in [0.15, 0.2) is 6.61 Å². The number of aryl methyl sites for hydroxylation is 1. The minimum Gasteiger partial charge on any atom is -0.484 e. The molecule has 2 N–H and O–H groups in total. The van der Waals surface area contributed by atoms with E-state index in [4.69, 9.17) is 10.5 Å². The van der Waals surface area contributed by atoms with Crippen molar-refractivity contribution in [2.24, 2.45) is 11.7 Å². The third kappa shape index (κ3) is 5.21. The smallest absolute Gasteiger partial charge is 0.260 e. The molecule has 0 radical (unpaired) electrons. The predicted octanol–water partition coefficient (Wildman–Crippen LogP) is 2.38. The Bertz CT molecular complexity index is 440. The lowest BCUT2D eigenvalue weighted by Crippen LogP contribution is -2.44. The van der Waals surface area contributed by atoms with Crippen molar-refractivity contribution in [2.75, 3.05) is 19.7 Å². The number of halogens is 1. The van der Waals surface area contributed by atoms with Crippen molar-refractivity contribution in [1.29, 1.82) is 0 Å². The zero-order chi connectivity index (χ0) is 14.5. The Morgan fingerprint density at radius 2 is 1.90 bits per heavy atom. The molecule has 21 heavy (non-hydrogen) atoms. The number of piperidine rings is 1. The second-order valence-electron chi connectivity index (χ2n) is 5.68. The van der Waals surface area contributed by atoms with Crippen LogP contribution < -0.4 is 10.5 Å². The fourth-order valence-corrected chi connectivity index (χ4v) is 2.55. The number of hydrogen-bond acceptors (Lipinski definition) is 3. The van der Waals surface area contributed by atoms with Crippen molar-refractivity contribution in [2.45, 2.75) is 32.7 Å². The Labute approximate surface area is 133 Å². The summed E-state index contributed by atoms with van der Waals surface area (Å²) in [7, 11) is 0. The lowest BCUT2D eigenvalue weighted by atomic mass is 9.91. The van der Waals surface area contributed by atoms with Crippen molar-refractivity contribution in [3.05, 3.63) is 29.8 Å². The van der Waals surface area contributed by atoms with Crippen LogP contribution in [0.4, 0.5) is 0 Å². The van der Waals surface area contributed by atoms with E-state index >= 15 is 0 Å². The summed E-state index contributed by atoms with van der Waals surface area (Å²) in [5, 5.41) is 0. The van der Waals surface area contributed by atoms with Crippen molar-refractivity contribution in [3.8, 4) is 5.75 Å². The Morgan fingerprint density at radius 3 is 2.43 bits per heavy atom. The van der Waals surface area contributed by atoms with Crippen LogP contribution >= 0.6 is 12.4 Å². The summed E-state index contributed by atoms with van der Waals surface area (Å²) < 4.78 is 5.53. The molecule has 0 spiro atoms. The van der Waals surface area contributed by atoms with Crippen LogP contribution in [0, 0.1) is 12.8 Å². The van der Waals surface area contributed by atoms with E-state index in [0.29, 0.717) is 5.92 Å². The van der Waals surface area contributed by atoms with E-state index in [1.807, 2.05) is 43.0 Å². The van der Waals surface area contributed by atoms with Crippen LogP contribution in [0.25, 0.3) is 0 Å². The van der Waals surface area contributed by atoms with Crippen LogP contribution in [0.5, 0.6) is 5.75 Å². The third-order valence-electron chi connectivity index (χ3n) is 4.02. The first-order valence-corrected chi connectivity index (χ1v) is 7.29. The predicted molar refractivity (Wildman–Crippen MR) is 86.9 cm³/mol. The summed E-state index contributed by atoms with van der Waals surface area (Å²) in [5.41, 5.74) is 7.09. The molecule has 1 aromatic carbocycles. The average Bonchev–Trinajstić information content (AvgIpc) is 2.46. The highest BCUT2D eigenvalue weighted by Crippen LogP contribution is 2.19. The molecular formula is C16H25ClN2O2. The normalized spacial score (nSPS) is 17.0. The molecule has 0 saturated carbocycles. The van der Waals surface area contributed by atoms with E-state index in [0.717, 1.165) is 31.7 Å². The molecule has 5 heteroatoms. The summed E-state index contributed by atoms with van der Waals surface area (Å²) in [6.45, 7) is 5.77. The Balaban J connectivity index is 0.00000220. The number of hydrogen-bond donors (Lipinski definition) is 1. The van der Waals surface area contributed by atoms with Gasteiger partial charge in [-0.15, -0.1) is 12.4 Å². The average molecular weight is 313 g/mol. The van der Waals surface area contributed by atoms with Crippen LogP contribution in [0.1, 0.15) is 25.3 Å². The summed E-state index contributed by atoms with van der Waals surface area (Å²) >= 11 is 0. The number of ether oxygens (including phenoxy) is 1. The lowest BCUT2D eigenvalue weighted by Gasteiger charge is -2.33. The van der Waals surface area contributed by atoms with Crippen LogP contribution in [-0.4, -0.2) is 36.5 Å². The van der Waals surface area contributed by atoms with Gasteiger partial charge in [0.25, 0.3) is 5.91 Å². The summed E-state index contributed by atoms with van der Waals surface area (Å²) in [6, 6.07) is 7.97. The first-order valence-electron chi connectivity index (χ1n) is 7.29. The SMILES string of the molecule is Cc1ccc(OCC(=O)N2CCC(C(C)N)CC2)cc1.Cl. The molecule has 1 aliphatic heterocycles. The van der Waals surface area contributed by atoms with Crippen LogP contribution in [-0.2, 0) is 4.79 Å². The molecule has 2 rings (SSSR count). The largest absolute Gasteiger partial charge is 0.484 e. The topological polar surface area (TPSA) is 55.6 Å². The molecule has 118 valence electrons. The second kappa shape index (κ2) is 8.25. The standard InChI is InChI=1S/C16H24N2O2.ClH/c1-12-3-5-15(6-4-12)20-11-16(19)18-9-7-14(8-10-18)13(2)17;/h3-6,13-14H,7-11,17H2,1-2H3;1H. The van der Waals surface area contributed by atoms with Crippen LogP contribution in [0.3, 0.4) is 0 Å². The van der Waals surface area contributed by atoms with E-state index in [2.05, 4.69) is 0 Å². The van der Waals surface area contributed by atoms with Gasteiger partial charge < -0.3 is 15.4 Å². The maximum absolute atomic E-state index is 12.1. The maximum Gasteiger partial charge on any atom is 0.260 e. The van der Waals surface area contributed by atoms with Crippen molar-refractivity contribution in [3.63, 3.8) is 0 Å². The molecule has 0 bridgehead atoms. The van der Waals surface area contributed by atoms with Gasteiger partial charge in [-0.1, -0.05) is 17.7 Å². The number of carbonyl (C=O) groups is 1. The maximum atomic E-state index is 12.1. The summed E-state index contributed by atoms with van der Waals surface area (Å²) in [4.78, 5) is 14.0. The number of rotatable bonds is 4. The Kier molecular flexibility index (Phi) is 6.99. The van der Waals surface area contributed by atoms with Crippen molar-refractivity contribution >= 4 is 18.3 Å². The number of likely N-dealkylation sites (tertiary alicyclic amines) is 1. The molecule has 1 saturated heterocycles. The summed E-state index contributed by atoms with van der Waals surface area (Å²) in [5.74, 6) is 1.35. The van der Waals surface area contributed by atoms with E-state index in [1.165, 1.54) is 5.56 Å². The molecule has 1 aliphatic rings. The number of amides is 1. The molecule has 1 heterocycles. The van der Waals surface area contributed by atoms with Crippen LogP contribution in [0.15, 0.2) is 24.3 Å². The lowest BCUT2D eigenvalue weighted by molar-refractivity contribution is -0.134. The monoisotopic (exact) mass is 312 g/mol. The van der Waals surface area contributed by atoms with Gasteiger partial charge in [0.1, 0.15) is 5.75 Å². The van der Waals surface area contributed by atoms with Gasteiger partial charge in [-0.3, -0.25) is 4.79 Å². The highest BCUT2D eigenvalue weighted by Gasteiger charge is 2.24. The Hall–Kier alpha value is -1.26. The number of nitrogens with zero attached hydrogens (tertiary/aromatic N) is 1. The van der Waals surface area contributed by atoms with Crippen LogP contribution in [0.2, 0.25) is 0 Å². The molecule has 0 aliphatic carbocycles. The zero-order valence-corrected chi connectivity index (χ0v) is 13.6. The second-order valence-corrected chi connectivity index (χ2v) is 5.68.